The second-order valence-corrected chi connectivity index (χ2v) is 8.37. The van der Waals surface area contributed by atoms with E-state index in [1.807, 2.05) is 13.8 Å². The topological polar surface area (TPSA) is 94.7 Å². The van der Waals surface area contributed by atoms with Crippen LogP contribution in [0.2, 0.25) is 0 Å². The maximum absolute atomic E-state index is 13.3. The third-order valence-corrected chi connectivity index (χ3v) is 5.61. The minimum Gasteiger partial charge on any atom is -0.435 e. The van der Waals surface area contributed by atoms with E-state index in [9.17, 15) is 23.5 Å². The van der Waals surface area contributed by atoms with Crippen LogP contribution in [-0.2, 0) is 4.74 Å². The van der Waals surface area contributed by atoms with Gasteiger partial charge in [-0.3, -0.25) is 13.9 Å². The maximum Gasteiger partial charge on any atom is 0.387 e. The molecule has 1 aliphatic rings. The van der Waals surface area contributed by atoms with Gasteiger partial charge in [0.1, 0.15) is 11.4 Å². The summed E-state index contributed by atoms with van der Waals surface area (Å²) in [5, 5.41) is 13.1. The summed E-state index contributed by atoms with van der Waals surface area (Å²) in [5.41, 5.74) is 0.265. The fourth-order valence-corrected chi connectivity index (χ4v) is 3.99. The van der Waals surface area contributed by atoms with Gasteiger partial charge in [-0.1, -0.05) is 6.07 Å². The molecule has 10 heteroatoms. The van der Waals surface area contributed by atoms with Crippen LogP contribution in [-0.4, -0.2) is 52.1 Å². The zero-order valence-electron chi connectivity index (χ0n) is 18.3. The Morgan fingerprint density at radius 1 is 1.24 bits per heavy atom. The van der Waals surface area contributed by atoms with E-state index >= 15 is 0 Å². The number of carbonyl (C=O) groups excluding carboxylic acids is 1. The molecule has 0 aliphatic carbocycles. The molecular formula is C23H25F2N3O5. The van der Waals surface area contributed by atoms with Crippen molar-refractivity contribution in [2.45, 2.75) is 38.5 Å². The summed E-state index contributed by atoms with van der Waals surface area (Å²) in [7, 11) is 0. The Morgan fingerprint density at radius 2 is 2.03 bits per heavy atom. The molecule has 2 heterocycles. The van der Waals surface area contributed by atoms with Gasteiger partial charge in [-0.05, 0) is 44.2 Å². The molecule has 1 fully saturated rings. The van der Waals surface area contributed by atoms with Crippen LogP contribution in [0, 0.1) is 0 Å². The van der Waals surface area contributed by atoms with E-state index in [-0.39, 0.29) is 36.5 Å². The Bertz CT molecular complexity index is 1230. The fourth-order valence-electron chi connectivity index (χ4n) is 3.99. The van der Waals surface area contributed by atoms with Crippen LogP contribution in [0.3, 0.4) is 0 Å². The first-order valence-corrected chi connectivity index (χ1v) is 10.6. The maximum atomic E-state index is 13.3. The zero-order valence-corrected chi connectivity index (χ0v) is 18.3. The highest BCUT2D eigenvalue weighted by Crippen LogP contribution is 2.25. The van der Waals surface area contributed by atoms with E-state index in [4.69, 9.17) is 4.74 Å². The summed E-state index contributed by atoms with van der Waals surface area (Å²) in [6.07, 6.45) is 0.441. The average Bonchev–Trinajstić information content (AvgIpc) is 3.32. The molecule has 2 N–H and O–H groups in total. The molecule has 176 valence electrons. The largest absolute Gasteiger partial charge is 0.435 e. The number of aliphatic hydroxyl groups is 1. The molecule has 1 aromatic heterocycles. The van der Waals surface area contributed by atoms with Crippen LogP contribution < -0.4 is 15.7 Å². The molecule has 3 aromatic rings. The smallest absolute Gasteiger partial charge is 0.387 e. The van der Waals surface area contributed by atoms with E-state index in [1.165, 1.54) is 27.3 Å². The predicted octanol–water partition coefficient (Wildman–Crippen LogP) is 2.86. The number of aromatic nitrogens is 2. The van der Waals surface area contributed by atoms with Crippen molar-refractivity contribution in [2.75, 3.05) is 19.8 Å². The van der Waals surface area contributed by atoms with E-state index in [0.717, 1.165) is 0 Å². The van der Waals surface area contributed by atoms with E-state index in [0.29, 0.717) is 35.3 Å². The standard InChI is InChI=1S/C23H25F2N3O5/c1-14(2)27-19-10-15(20(29)26-12-23(31)8-9-32-13-23)6-7-18(19)28(22(27)30)16-4-3-5-17(11-16)33-21(24)25/h3-7,10-11,14,21,31H,8-9,12-13H2,1-2H3,(H,26,29). The molecule has 1 amide bonds. The zero-order chi connectivity index (χ0) is 23.8. The first-order valence-electron chi connectivity index (χ1n) is 10.6. The molecule has 0 bridgehead atoms. The molecule has 4 rings (SSSR count). The van der Waals surface area contributed by atoms with Crippen LogP contribution >= 0.6 is 0 Å². The number of alkyl halides is 2. The number of hydrogen-bond acceptors (Lipinski definition) is 5. The Balaban J connectivity index is 1.73. The third kappa shape index (κ3) is 4.62. The summed E-state index contributed by atoms with van der Waals surface area (Å²) >= 11 is 0. The van der Waals surface area contributed by atoms with Crippen LogP contribution in [0.25, 0.3) is 16.7 Å². The van der Waals surface area contributed by atoms with Crippen LogP contribution in [0.5, 0.6) is 5.75 Å². The van der Waals surface area contributed by atoms with Gasteiger partial charge in [0.25, 0.3) is 5.91 Å². The van der Waals surface area contributed by atoms with Crippen LogP contribution in [0.15, 0.2) is 47.3 Å². The lowest BCUT2D eigenvalue weighted by Gasteiger charge is -2.20. The Hall–Kier alpha value is -3.24. The molecule has 1 atom stereocenters. The van der Waals surface area contributed by atoms with Crippen molar-refractivity contribution >= 4 is 16.9 Å². The Kier molecular flexibility index (Phi) is 6.22. The Labute approximate surface area is 188 Å². The molecule has 0 saturated carbocycles. The van der Waals surface area contributed by atoms with Gasteiger partial charge in [-0.15, -0.1) is 0 Å². The van der Waals surface area contributed by atoms with Crippen molar-refractivity contribution in [1.82, 2.24) is 14.5 Å². The normalized spacial score (nSPS) is 18.4. The van der Waals surface area contributed by atoms with Gasteiger partial charge in [0.2, 0.25) is 0 Å². The van der Waals surface area contributed by atoms with Crippen molar-refractivity contribution in [2.24, 2.45) is 0 Å². The number of amides is 1. The summed E-state index contributed by atoms with van der Waals surface area (Å²) in [4.78, 5) is 26.0. The van der Waals surface area contributed by atoms with E-state index in [1.54, 1.807) is 24.3 Å². The van der Waals surface area contributed by atoms with Gasteiger partial charge in [0.05, 0.1) is 23.3 Å². The summed E-state index contributed by atoms with van der Waals surface area (Å²) in [6, 6.07) is 10.5. The van der Waals surface area contributed by atoms with Gasteiger partial charge >= 0.3 is 12.3 Å². The van der Waals surface area contributed by atoms with Crippen molar-refractivity contribution in [1.29, 1.82) is 0 Å². The SMILES string of the molecule is CC(C)n1c(=O)n(-c2cccc(OC(F)F)c2)c2ccc(C(=O)NCC3(O)CCOC3)cc21. The van der Waals surface area contributed by atoms with Crippen molar-refractivity contribution in [3.05, 3.63) is 58.5 Å². The number of carbonyl (C=O) groups is 1. The first kappa shape index (κ1) is 22.9. The fraction of sp³-hybridized carbons (Fsp3) is 0.391. The monoisotopic (exact) mass is 461 g/mol. The molecule has 1 aliphatic heterocycles. The molecule has 33 heavy (non-hydrogen) atoms. The van der Waals surface area contributed by atoms with Crippen molar-refractivity contribution in [3.63, 3.8) is 0 Å². The quantitative estimate of drug-likeness (QED) is 0.564. The lowest BCUT2D eigenvalue weighted by molar-refractivity contribution is -0.0498. The first-order chi connectivity index (χ1) is 15.7. The van der Waals surface area contributed by atoms with Crippen LogP contribution in [0.1, 0.15) is 36.7 Å². The number of nitrogens with zero attached hydrogens (tertiary/aromatic N) is 2. The molecule has 0 radical (unpaired) electrons. The highest BCUT2D eigenvalue weighted by Gasteiger charge is 2.32. The lowest BCUT2D eigenvalue weighted by atomic mass is 10.0. The number of hydrogen-bond donors (Lipinski definition) is 2. The summed E-state index contributed by atoms with van der Waals surface area (Å²) in [6.45, 7) is 1.35. The highest BCUT2D eigenvalue weighted by molar-refractivity contribution is 5.97. The van der Waals surface area contributed by atoms with Gasteiger partial charge in [-0.2, -0.15) is 8.78 Å². The number of imidazole rings is 1. The summed E-state index contributed by atoms with van der Waals surface area (Å²) in [5.74, 6) is -0.454. The average molecular weight is 461 g/mol. The number of fused-ring (bicyclic) bond motifs is 1. The highest BCUT2D eigenvalue weighted by atomic mass is 19.3. The van der Waals surface area contributed by atoms with Crippen LogP contribution in [0.4, 0.5) is 8.78 Å². The number of halogens is 2. The number of nitrogens with one attached hydrogen (secondary N) is 1. The minimum absolute atomic E-state index is 0.0544. The van der Waals surface area contributed by atoms with E-state index < -0.39 is 12.2 Å². The lowest BCUT2D eigenvalue weighted by Crippen LogP contribution is -2.43. The van der Waals surface area contributed by atoms with E-state index in [2.05, 4.69) is 10.1 Å². The molecule has 0 spiro atoms. The number of rotatable bonds is 7. The molecule has 1 unspecified atom stereocenters. The third-order valence-electron chi connectivity index (χ3n) is 5.61. The number of benzene rings is 2. The molecule has 2 aromatic carbocycles. The molecular weight excluding hydrogens is 436 g/mol. The minimum atomic E-state index is -2.98. The summed E-state index contributed by atoms with van der Waals surface area (Å²) < 4.78 is 37.9. The van der Waals surface area contributed by atoms with Crippen molar-refractivity contribution < 1.29 is 28.2 Å². The van der Waals surface area contributed by atoms with Crippen molar-refractivity contribution in [3.8, 4) is 11.4 Å². The number of ether oxygens (including phenoxy) is 2. The molecule has 1 saturated heterocycles. The van der Waals surface area contributed by atoms with Gasteiger partial charge in [-0.25, -0.2) is 4.79 Å². The Morgan fingerprint density at radius 3 is 2.70 bits per heavy atom. The van der Waals surface area contributed by atoms with Gasteiger partial charge in [0, 0.05) is 37.2 Å². The predicted molar refractivity (Wildman–Crippen MR) is 117 cm³/mol. The second-order valence-electron chi connectivity index (χ2n) is 8.37. The second kappa shape index (κ2) is 8.95. The molecule has 8 nitrogen and oxygen atoms in total. The van der Waals surface area contributed by atoms with Gasteiger partial charge < -0.3 is 19.9 Å². The van der Waals surface area contributed by atoms with Gasteiger partial charge in [0.15, 0.2) is 0 Å².